The molecule has 0 saturated carbocycles. The number of benzene rings is 1. The van der Waals surface area contributed by atoms with Gasteiger partial charge in [-0.3, -0.25) is 4.90 Å². The summed E-state index contributed by atoms with van der Waals surface area (Å²) in [5, 5.41) is 5.16. The van der Waals surface area contributed by atoms with Crippen molar-refractivity contribution in [3.8, 4) is 0 Å². The van der Waals surface area contributed by atoms with Crippen molar-refractivity contribution < 1.29 is 22.3 Å². The van der Waals surface area contributed by atoms with Crippen LogP contribution < -0.4 is 4.90 Å². The lowest BCUT2D eigenvalue weighted by molar-refractivity contribution is -0.138. The van der Waals surface area contributed by atoms with Crippen LogP contribution in [0.5, 0.6) is 0 Å². The van der Waals surface area contributed by atoms with E-state index in [0.29, 0.717) is 43.3 Å². The van der Waals surface area contributed by atoms with Crippen LogP contribution >= 0.6 is 15.9 Å². The zero-order valence-electron chi connectivity index (χ0n) is 26.7. The van der Waals surface area contributed by atoms with E-state index in [2.05, 4.69) is 59.6 Å². The summed E-state index contributed by atoms with van der Waals surface area (Å²) in [4.78, 5) is 9.65. The smallest absolute Gasteiger partial charge is 0.416 e. The van der Waals surface area contributed by atoms with Crippen LogP contribution in [0.1, 0.15) is 61.7 Å². The lowest BCUT2D eigenvalue weighted by Gasteiger charge is -2.39. The lowest BCUT2D eigenvalue weighted by Crippen LogP contribution is -2.44. The van der Waals surface area contributed by atoms with E-state index < -0.39 is 20.1 Å². The van der Waals surface area contributed by atoms with Crippen LogP contribution in [-0.4, -0.2) is 73.8 Å². The first kappa shape index (κ1) is 33.4. The molecule has 0 N–H and O–H groups in total. The number of morpholine rings is 1. The van der Waals surface area contributed by atoms with Gasteiger partial charge in [0.15, 0.2) is 19.8 Å². The third kappa shape index (κ3) is 7.35. The number of likely N-dealkylation sites (tertiary alicyclic amines) is 1. The number of halogens is 4. The summed E-state index contributed by atoms with van der Waals surface area (Å²) >= 11 is 3.73. The first-order chi connectivity index (χ1) is 20.6. The predicted molar refractivity (Wildman–Crippen MR) is 174 cm³/mol. The summed E-state index contributed by atoms with van der Waals surface area (Å²) in [6, 6.07) is 6.41. The van der Waals surface area contributed by atoms with E-state index in [1.165, 1.54) is 6.07 Å². The normalized spacial score (nSPS) is 19.2. The molecule has 0 spiro atoms. The van der Waals surface area contributed by atoms with Crippen LogP contribution in [0, 0.1) is 12.8 Å². The Labute approximate surface area is 268 Å². The molecule has 44 heavy (non-hydrogen) atoms. The summed E-state index contributed by atoms with van der Waals surface area (Å²) in [5.41, 5.74) is 2.60. The van der Waals surface area contributed by atoms with Gasteiger partial charge in [-0.1, -0.05) is 32.9 Å². The zero-order valence-corrected chi connectivity index (χ0v) is 29.3. The second-order valence-corrected chi connectivity index (χ2v) is 19.4. The molecule has 1 atom stereocenters. The van der Waals surface area contributed by atoms with Crippen molar-refractivity contribution in [3.05, 3.63) is 56.8 Å². The van der Waals surface area contributed by atoms with Gasteiger partial charge in [0.25, 0.3) is 0 Å². The molecule has 0 radical (unpaired) electrons. The fourth-order valence-electron chi connectivity index (χ4n) is 5.86. The molecule has 1 unspecified atom stereocenters. The molecule has 0 bridgehead atoms. The van der Waals surface area contributed by atoms with E-state index in [4.69, 9.17) is 19.2 Å². The van der Waals surface area contributed by atoms with E-state index >= 15 is 0 Å². The van der Waals surface area contributed by atoms with Crippen molar-refractivity contribution in [1.29, 1.82) is 0 Å². The molecule has 2 aliphatic heterocycles. The van der Waals surface area contributed by atoms with E-state index in [1.54, 1.807) is 13.0 Å². The minimum absolute atomic E-state index is 0.162. The Morgan fingerprint density at radius 1 is 1.11 bits per heavy atom. The highest BCUT2D eigenvalue weighted by Crippen LogP contribution is 2.38. The highest BCUT2D eigenvalue weighted by Gasteiger charge is 2.38. The van der Waals surface area contributed by atoms with Crippen molar-refractivity contribution in [2.45, 2.75) is 77.8 Å². The Hall–Kier alpha value is -1.99. The van der Waals surface area contributed by atoms with Gasteiger partial charge in [-0.05, 0) is 83.5 Å². The van der Waals surface area contributed by atoms with Crippen molar-refractivity contribution >= 4 is 35.7 Å². The van der Waals surface area contributed by atoms with E-state index in [9.17, 15) is 13.2 Å². The summed E-state index contributed by atoms with van der Waals surface area (Å²) in [6.45, 7) is 18.8. The van der Waals surface area contributed by atoms with E-state index in [0.717, 1.165) is 73.4 Å². The number of alkyl halides is 3. The van der Waals surface area contributed by atoms with Crippen LogP contribution in [0.2, 0.25) is 18.1 Å². The maximum Gasteiger partial charge on any atom is 0.416 e. The largest absolute Gasteiger partial charge is 0.416 e. The maximum atomic E-state index is 13.8. The highest BCUT2D eigenvalue weighted by molar-refractivity contribution is 9.10. The molecule has 2 saturated heterocycles. The van der Waals surface area contributed by atoms with E-state index in [1.807, 2.05) is 10.6 Å². The Balaban J connectivity index is 1.47. The molecule has 5 rings (SSSR count). The Morgan fingerprint density at radius 2 is 1.84 bits per heavy atom. The second kappa shape index (κ2) is 13.0. The van der Waals surface area contributed by atoms with E-state index in [-0.39, 0.29) is 10.6 Å². The topological polar surface area (TPSA) is 55.1 Å². The number of anilines is 1. The summed E-state index contributed by atoms with van der Waals surface area (Å²) in [5.74, 6) is 1.22. The van der Waals surface area contributed by atoms with Crippen molar-refractivity contribution in [3.63, 3.8) is 0 Å². The summed E-state index contributed by atoms with van der Waals surface area (Å²) in [6.07, 6.45) is -1.92. The van der Waals surface area contributed by atoms with Gasteiger partial charge in [-0.25, -0.2) is 9.50 Å². The van der Waals surface area contributed by atoms with Gasteiger partial charge < -0.3 is 14.1 Å². The number of hydrogen-bond acceptors (Lipinski definition) is 6. The molecule has 4 heterocycles. The fraction of sp³-hybridized carbons (Fsp3) is 0.625. The Kier molecular flexibility index (Phi) is 9.87. The number of piperidine rings is 1. The molecule has 7 nitrogen and oxygen atoms in total. The molecule has 1 aromatic carbocycles. The average molecular weight is 697 g/mol. The number of aromatic nitrogens is 3. The third-order valence-electron chi connectivity index (χ3n) is 9.61. The van der Waals surface area contributed by atoms with Crippen molar-refractivity contribution in [2.24, 2.45) is 5.92 Å². The highest BCUT2D eigenvalue weighted by atomic mass is 79.9. The number of ether oxygens (including phenoxy) is 1. The van der Waals surface area contributed by atoms with Crippen molar-refractivity contribution in [1.82, 2.24) is 19.5 Å². The molecule has 242 valence electrons. The number of fused-ring (bicyclic) bond motifs is 1. The first-order valence-corrected chi connectivity index (χ1v) is 19.3. The van der Waals surface area contributed by atoms with Gasteiger partial charge >= 0.3 is 6.18 Å². The Bertz CT molecular complexity index is 1470. The number of hydrogen-bond donors (Lipinski definition) is 0. The molecule has 2 aliphatic rings. The van der Waals surface area contributed by atoms with Gasteiger partial charge in [-0.2, -0.15) is 13.2 Å². The first-order valence-electron chi connectivity index (χ1n) is 15.6. The van der Waals surface area contributed by atoms with Crippen LogP contribution in [0.25, 0.3) is 5.65 Å². The zero-order chi connectivity index (χ0) is 31.9. The average Bonchev–Trinajstić information content (AvgIpc) is 3.29. The number of nitrogens with zero attached hydrogens (tertiary/aromatic N) is 5. The summed E-state index contributed by atoms with van der Waals surface area (Å²) in [7, 11) is -1.85. The van der Waals surface area contributed by atoms with Crippen LogP contribution in [-0.2, 0) is 28.3 Å². The fourth-order valence-corrected chi connectivity index (χ4v) is 7.41. The van der Waals surface area contributed by atoms with Crippen LogP contribution in [0.15, 0.2) is 28.7 Å². The molecule has 2 fully saturated rings. The molecule has 3 aromatic rings. The minimum atomic E-state index is -4.41. The molecule has 12 heteroatoms. The Morgan fingerprint density at radius 3 is 2.52 bits per heavy atom. The molecular weight excluding hydrogens is 651 g/mol. The second-order valence-electron chi connectivity index (χ2n) is 13.8. The van der Waals surface area contributed by atoms with Gasteiger partial charge in [0, 0.05) is 45.3 Å². The third-order valence-corrected chi connectivity index (χ3v) is 14.7. The minimum Gasteiger partial charge on any atom is -0.416 e. The lowest BCUT2D eigenvalue weighted by atomic mass is 9.97. The van der Waals surface area contributed by atoms with Crippen LogP contribution in [0.4, 0.5) is 19.0 Å². The SMILES string of the molecule is Cc1c(Cc2c(CN3CCCC(CO[Si](C)(C)C(C)(C)C)C3)nc3c(Br)cc(N4CCOCC4)nn23)cccc1C(F)(F)F. The van der Waals surface area contributed by atoms with Gasteiger partial charge in [0.1, 0.15) is 0 Å². The van der Waals surface area contributed by atoms with Gasteiger partial charge in [-0.15, -0.1) is 5.10 Å². The molecule has 2 aromatic heterocycles. The molecule has 0 aliphatic carbocycles. The molecular formula is C32H45BrF3N5O2Si. The number of imidazole rings is 1. The van der Waals surface area contributed by atoms with Crippen molar-refractivity contribution in [2.75, 3.05) is 50.9 Å². The number of rotatable bonds is 8. The quantitative estimate of drug-likeness (QED) is 0.228. The standard InChI is InChI=1S/C32H45BrF3N5O2Si/c1-22-24(10-7-11-25(22)32(34,35)36)17-28-27(20-39-12-8-9-23(19-39)21-43-44(5,6)31(2,3)4)37-30-26(33)18-29(38-41(28)30)40-13-15-42-16-14-40/h7,10-11,18,23H,8-9,12-17,19-21H2,1-6H3. The molecule has 0 amide bonds. The predicted octanol–water partition coefficient (Wildman–Crippen LogP) is 7.48. The monoisotopic (exact) mass is 695 g/mol. The van der Waals surface area contributed by atoms with Gasteiger partial charge in [0.05, 0.1) is 34.6 Å². The maximum absolute atomic E-state index is 13.8. The van der Waals surface area contributed by atoms with Crippen LogP contribution in [0.3, 0.4) is 0 Å². The van der Waals surface area contributed by atoms with Gasteiger partial charge in [0.2, 0.25) is 0 Å². The summed E-state index contributed by atoms with van der Waals surface area (Å²) < 4.78 is 56.3.